The number of hydrogen-bond donors (Lipinski definition) is 1. The van der Waals surface area contributed by atoms with Crippen molar-refractivity contribution >= 4 is 37.6 Å². The van der Waals surface area contributed by atoms with Crippen LogP contribution in [-0.2, 0) is 23.2 Å². The molecule has 3 rings (SSSR count). The van der Waals surface area contributed by atoms with Gasteiger partial charge in [-0.05, 0) is 36.4 Å². The molecule has 1 unspecified atom stereocenters. The second-order valence-electron chi connectivity index (χ2n) is 6.94. The van der Waals surface area contributed by atoms with Crippen molar-refractivity contribution in [1.82, 2.24) is 5.32 Å². The Bertz CT molecular complexity index is 1010. The molecule has 2 aromatic carbocycles. The lowest BCUT2D eigenvalue weighted by atomic mass is 9.85. The maximum Gasteiger partial charge on any atom is 0.435 e. The van der Waals surface area contributed by atoms with E-state index in [0.29, 0.717) is 28.7 Å². The predicted molar refractivity (Wildman–Crippen MR) is 111 cm³/mol. The summed E-state index contributed by atoms with van der Waals surface area (Å²) in [4.78, 5) is 4.86. The van der Waals surface area contributed by atoms with Crippen molar-refractivity contribution in [3.63, 3.8) is 0 Å². The highest BCUT2D eigenvalue weighted by molar-refractivity contribution is 9.10. The van der Waals surface area contributed by atoms with E-state index in [1.807, 2.05) is 6.92 Å². The van der Waals surface area contributed by atoms with Crippen LogP contribution in [-0.4, -0.2) is 18.4 Å². The first-order chi connectivity index (χ1) is 14.4. The molecule has 0 saturated carbocycles. The Kier molecular flexibility index (Phi) is 6.79. The number of alkyl halides is 6. The van der Waals surface area contributed by atoms with E-state index < -0.39 is 35.5 Å². The highest BCUT2D eigenvalue weighted by Crippen LogP contribution is 2.50. The Morgan fingerprint density at radius 2 is 1.77 bits per heavy atom. The molecule has 0 saturated heterocycles. The van der Waals surface area contributed by atoms with Crippen LogP contribution in [0.5, 0.6) is 0 Å². The minimum absolute atomic E-state index is 0.0124. The van der Waals surface area contributed by atoms with Gasteiger partial charge in [-0.3, -0.25) is 0 Å². The Balaban J connectivity index is 1.99. The van der Waals surface area contributed by atoms with E-state index in [0.717, 1.165) is 18.2 Å². The molecule has 0 fully saturated rings. The molecular formula is C20H16Br2F6N2O. The van der Waals surface area contributed by atoms with Gasteiger partial charge in [-0.15, -0.1) is 0 Å². The summed E-state index contributed by atoms with van der Waals surface area (Å²) >= 11 is 6.26. The van der Waals surface area contributed by atoms with Crippen molar-refractivity contribution in [3.8, 4) is 0 Å². The zero-order valence-corrected chi connectivity index (χ0v) is 19.1. The number of rotatable bonds is 5. The first kappa shape index (κ1) is 24.1. The Morgan fingerprint density at radius 3 is 2.35 bits per heavy atom. The summed E-state index contributed by atoms with van der Waals surface area (Å²) in [6.45, 7) is 3.25. The van der Waals surface area contributed by atoms with Crippen LogP contribution in [0.1, 0.15) is 35.6 Å². The van der Waals surface area contributed by atoms with E-state index in [9.17, 15) is 26.3 Å². The zero-order valence-electron chi connectivity index (χ0n) is 16.0. The van der Waals surface area contributed by atoms with Crippen LogP contribution in [0.3, 0.4) is 0 Å². The average Bonchev–Trinajstić information content (AvgIpc) is 3.13. The Hall–Kier alpha value is -1.59. The van der Waals surface area contributed by atoms with Gasteiger partial charge >= 0.3 is 12.4 Å². The molecule has 1 atom stereocenters. The fraction of sp³-hybridized carbons (Fsp3) is 0.350. The molecule has 0 bridgehead atoms. The van der Waals surface area contributed by atoms with Gasteiger partial charge in [0.15, 0.2) is 0 Å². The number of nitrogens with zero attached hydrogens (tertiary/aromatic N) is 1. The molecule has 0 radical (unpaired) electrons. The van der Waals surface area contributed by atoms with E-state index in [4.69, 9.17) is 4.84 Å². The molecule has 3 nitrogen and oxygen atoms in total. The molecule has 1 aliphatic rings. The van der Waals surface area contributed by atoms with Gasteiger partial charge in [0.25, 0.3) is 5.60 Å². The lowest BCUT2D eigenvalue weighted by Crippen LogP contribution is -2.43. The molecule has 0 spiro atoms. The van der Waals surface area contributed by atoms with E-state index in [1.54, 1.807) is 18.2 Å². The molecule has 1 aliphatic heterocycles. The van der Waals surface area contributed by atoms with Gasteiger partial charge < -0.3 is 10.2 Å². The maximum atomic E-state index is 14.1. The summed E-state index contributed by atoms with van der Waals surface area (Å²) in [5, 5.41) is 6.76. The fourth-order valence-electron chi connectivity index (χ4n) is 3.17. The molecule has 1 heterocycles. The first-order valence-corrected chi connectivity index (χ1v) is 10.7. The highest BCUT2D eigenvalue weighted by Gasteiger charge is 2.62. The normalized spacial score (nSPS) is 19.3. The molecule has 168 valence electrons. The summed E-state index contributed by atoms with van der Waals surface area (Å²) in [5.74, 6) is 0. The van der Waals surface area contributed by atoms with Gasteiger partial charge in [0.05, 0.1) is 11.3 Å². The van der Waals surface area contributed by atoms with Crippen LogP contribution in [0.2, 0.25) is 0 Å². The summed E-state index contributed by atoms with van der Waals surface area (Å²) in [6.07, 6.45) is -10.6. The number of nitrogens with one attached hydrogen (secondary N) is 1. The van der Waals surface area contributed by atoms with Crippen molar-refractivity contribution in [3.05, 3.63) is 67.6 Å². The minimum Gasteiger partial charge on any atom is -0.374 e. The lowest BCUT2D eigenvalue weighted by molar-refractivity contribution is -0.276. The smallest absolute Gasteiger partial charge is 0.374 e. The fourth-order valence-corrected chi connectivity index (χ4v) is 4.19. The Labute approximate surface area is 191 Å². The van der Waals surface area contributed by atoms with Crippen molar-refractivity contribution in [2.75, 3.05) is 6.54 Å². The van der Waals surface area contributed by atoms with Crippen molar-refractivity contribution in [2.24, 2.45) is 5.16 Å². The molecular weight excluding hydrogens is 558 g/mol. The minimum atomic E-state index is -5.01. The topological polar surface area (TPSA) is 33.6 Å². The van der Waals surface area contributed by atoms with Crippen molar-refractivity contribution in [1.29, 1.82) is 0 Å². The molecule has 0 amide bonds. The zero-order chi connectivity index (χ0) is 23.0. The van der Waals surface area contributed by atoms with Gasteiger partial charge in [0.1, 0.15) is 0 Å². The SMILES string of the molecule is CCNCc1ccc(C2=NOC(c3cc(Br)cc(C(F)(F)F)c3)(C(F)(F)F)C2)cc1Br. The van der Waals surface area contributed by atoms with Crippen LogP contribution >= 0.6 is 31.9 Å². The molecule has 2 aromatic rings. The third-order valence-corrected chi connectivity index (χ3v) is 6.03. The summed E-state index contributed by atoms with van der Waals surface area (Å²) in [7, 11) is 0. The molecule has 0 aromatic heterocycles. The maximum absolute atomic E-state index is 14.1. The lowest BCUT2D eigenvalue weighted by Gasteiger charge is -2.30. The quantitative estimate of drug-likeness (QED) is 0.394. The number of benzene rings is 2. The van der Waals surface area contributed by atoms with Crippen LogP contribution < -0.4 is 5.32 Å². The summed E-state index contributed by atoms with van der Waals surface area (Å²) < 4.78 is 82.4. The third-order valence-electron chi connectivity index (χ3n) is 4.83. The second kappa shape index (κ2) is 8.74. The van der Waals surface area contributed by atoms with Gasteiger partial charge in [0.2, 0.25) is 0 Å². The number of hydrogen-bond acceptors (Lipinski definition) is 3. The number of halogens is 8. The average molecular weight is 574 g/mol. The van der Waals surface area contributed by atoms with Gasteiger partial charge in [-0.1, -0.05) is 56.1 Å². The molecule has 31 heavy (non-hydrogen) atoms. The number of oxime groups is 1. The highest BCUT2D eigenvalue weighted by atomic mass is 79.9. The molecule has 1 N–H and O–H groups in total. The standard InChI is InChI=1S/C20H16Br2F6N2O/c1-2-29-10-12-4-3-11(5-16(12)22)17-9-18(31-30-17,20(26,27)28)13-6-14(19(23,24)25)8-15(21)7-13/h3-8,29H,2,9-10H2,1H3. The van der Waals surface area contributed by atoms with Crippen LogP contribution in [0.25, 0.3) is 0 Å². The first-order valence-electron chi connectivity index (χ1n) is 9.07. The second-order valence-corrected chi connectivity index (χ2v) is 8.71. The summed E-state index contributed by atoms with van der Waals surface area (Å²) in [5.41, 5.74) is -3.66. The predicted octanol–water partition coefficient (Wildman–Crippen LogP) is 6.92. The van der Waals surface area contributed by atoms with Crippen LogP contribution in [0.4, 0.5) is 26.3 Å². The Morgan fingerprint density at radius 1 is 1.06 bits per heavy atom. The molecule has 0 aliphatic carbocycles. The van der Waals surface area contributed by atoms with Crippen molar-refractivity contribution in [2.45, 2.75) is 37.8 Å². The van der Waals surface area contributed by atoms with E-state index in [-0.39, 0.29) is 10.2 Å². The van der Waals surface area contributed by atoms with E-state index in [2.05, 4.69) is 42.3 Å². The van der Waals surface area contributed by atoms with Gasteiger partial charge in [0, 0.05) is 33.0 Å². The van der Waals surface area contributed by atoms with E-state index >= 15 is 0 Å². The third kappa shape index (κ3) is 4.93. The summed E-state index contributed by atoms with van der Waals surface area (Å²) in [6, 6.07) is 7.09. The van der Waals surface area contributed by atoms with Crippen LogP contribution in [0.15, 0.2) is 50.5 Å². The monoisotopic (exact) mass is 572 g/mol. The van der Waals surface area contributed by atoms with E-state index in [1.165, 1.54) is 0 Å². The molecule has 11 heteroatoms. The van der Waals surface area contributed by atoms with Crippen molar-refractivity contribution < 1.29 is 31.2 Å². The largest absolute Gasteiger partial charge is 0.435 e. The van der Waals surface area contributed by atoms with Crippen LogP contribution in [0, 0.1) is 0 Å². The van der Waals surface area contributed by atoms with Gasteiger partial charge in [-0.25, -0.2) is 0 Å². The van der Waals surface area contributed by atoms with Gasteiger partial charge in [-0.2, -0.15) is 26.3 Å².